The number of nitrogens with one attached hydrogen (secondary N) is 2. The number of aromatic nitrogens is 2. The second-order valence-corrected chi connectivity index (χ2v) is 6.92. The molecular weight excluding hydrogens is 352 g/mol. The van der Waals surface area contributed by atoms with Gasteiger partial charge in [-0.3, -0.25) is 29.9 Å². The van der Waals surface area contributed by atoms with Crippen molar-refractivity contribution >= 4 is 40.5 Å². The third kappa shape index (κ3) is 5.17. The van der Waals surface area contributed by atoms with Crippen molar-refractivity contribution in [3.8, 4) is 0 Å². The number of hydrazine groups is 1. The lowest BCUT2D eigenvalue weighted by molar-refractivity contribution is -0.129. The maximum Gasteiger partial charge on any atom is 0.260 e. The van der Waals surface area contributed by atoms with Gasteiger partial charge in [-0.2, -0.15) is 5.10 Å². The zero-order valence-corrected chi connectivity index (χ0v) is 14.8. The molecule has 7 nitrogen and oxygen atoms in total. The Hall–Kier alpha value is -2.19. The van der Waals surface area contributed by atoms with Crippen molar-refractivity contribution in [3.63, 3.8) is 0 Å². The fourth-order valence-corrected chi connectivity index (χ4v) is 3.04. The van der Waals surface area contributed by atoms with Crippen LogP contribution in [-0.4, -0.2) is 27.4 Å². The van der Waals surface area contributed by atoms with E-state index in [0.29, 0.717) is 9.21 Å². The van der Waals surface area contributed by atoms with Crippen LogP contribution in [0.3, 0.4) is 0 Å². The zero-order chi connectivity index (χ0) is 17.7. The normalized spacial score (nSPS) is 10.5. The molecule has 2 aromatic heterocycles. The van der Waals surface area contributed by atoms with Gasteiger partial charge in [-0.1, -0.05) is 11.6 Å². The van der Waals surface area contributed by atoms with Gasteiger partial charge in [-0.25, -0.2) is 0 Å². The highest BCUT2D eigenvalue weighted by Crippen LogP contribution is 2.22. The molecule has 9 heteroatoms. The molecule has 0 radical (unpaired) electrons. The van der Waals surface area contributed by atoms with Crippen molar-refractivity contribution in [2.24, 2.45) is 0 Å². The van der Waals surface area contributed by atoms with Crippen LogP contribution in [0, 0.1) is 13.8 Å². The van der Waals surface area contributed by atoms with E-state index >= 15 is 0 Å². The van der Waals surface area contributed by atoms with Crippen LogP contribution < -0.4 is 10.9 Å². The van der Waals surface area contributed by atoms with Crippen LogP contribution in [0.1, 0.15) is 33.9 Å². The molecule has 0 spiro atoms. The van der Waals surface area contributed by atoms with E-state index < -0.39 is 11.8 Å². The molecule has 2 rings (SSSR count). The van der Waals surface area contributed by atoms with Gasteiger partial charge in [0.25, 0.3) is 5.91 Å². The SMILES string of the molecule is Cc1cc(C)n(CC(=O)NNC(=O)CCC(=O)c2ccc(Cl)s2)n1. The van der Waals surface area contributed by atoms with Gasteiger partial charge in [0.1, 0.15) is 6.54 Å². The standard InChI is InChI=1S/C15H17ClN4O3S/c1-9-7-10(2)20(19-9)8-15(23)18-17-14(22)6-3-11(21)12-4-5-13(16)24-12/h4-5,7H,3,6,8H2,1-2H3,(H,17,22)(H,18,23). The second kappa shape index (κ2) is 8.07. The van der Waals surface area contributed by atoms with E-state index in [2.05, 4.69) is 16.0 Å². The molecule has 24 heavy (non-hydrogen) atoms. The second-order valence-electron chi connectivity index (χ2n) is 5.21. The maximum atomic E-state index is 11.9. The molecule has 0 saturated carbocycles. The third-order valence-electron chi connectivity index (χ3n) is 3.17. The number of halogens is 1. The highest BCUT2D eigenvalue weighted by molar-refractivity contribution is 7.18. The molecule has 2 aromatic rings. The first-order valence-corrected chi connectivity index (χ1v) is 8.42. The van der Waals surface area contributed by atoms with Crippen LogP contribution in [0.25, 0.3) is 0 Å². The minimum atomic E-state index is -0.437. The summed E-state index contributed by atoms with van der Waals surface area (Å²) in [6.07, 6.45) is 0.0323. The number of thiophene rings is 1. The summed E-state index contributed by atoms with van der Waals surface area (Å²) in [5.74, 6) is -0.991. The predicted molar refractivity (Wildman–Crippen MR) is 90.9 cm³/mol. The summed E-state index contributed by atoms with van der Waals surface area (Å²) in [4.78, 5) is 35.8. The molecule has 2 amide bonds. The highest BCUT2D eigenvalue weighted by Gasteiger charge is 2.12. The molecule has 0 saturated heterocycles. The van der Waals surface area contributed by atoms with Crippen molar-refractivity contribution in [2.75, 3.05) is 0 Å². The van der Waals surface area contributed by atoms with Gasteiger partial charge in [0, 0.05) is 18.5 Å². The number of amides is 2. The smallest absolute Gasteiger partial charge is 0.260 e. The molecule has 0 unspecified atom stereocenters. The monoisotopic (exact) mass is 368 g/mol. The van der Waals surface area contributed by atoms with Crippen molar-refractivity contribution in [2.45, 2.75) is 33.2 Å². The van der Waals surface area contributed by atoms with E-state index in [4.69, 9.17) is 11.6 Å². The predicted octanol–water partition coefficient (Wildman–Crippen LogP) is 2.03. The van der Waals surface area contributed by atoms with Crippen molar-refractivity contribution < 1.29 is 14.4 Å². The lowest BCUT2D eigenvalue weighted by Crippen LogP contribution is -2.43. The number of hydrogen-bond acceptors (Lipinski definition) is 5. The molecule has 0 aromatic carbocycles. The van der Waals surface area contributed by atoms with Crippen LogP contribution >= 0.6 is 22.9 Å². The molecule has 0 fully saturated rings. The summed E-state index contributed by atoms with van der Waals surface area (Å²) in [7, 11) is 0. The lowest BCUT2D eigenvalue weighted by atomic mass is 10.2. The van der Waals surface area contributed by atoms with Crippen LogP contribution in [0.15, 0.2) is 18.2 Å². The average Bonchev–Trinajstić information content (AvgIpc) is 3.08. The summed E-state index contributed by atoms with van der Waals surface area (Å²) >= 11 is 6.94. The zero-order valence-electron chi connectivity index (χ0n) is 13.3. The van der Waals surface area contributed by atoms with E-state index in [9.17, 15) is 14.4 Å². The van der Waals surface area contributed by atoms with Gasteiger partial charge in [0.05, 0.1) is 14.9 Å². The van der Waals surface area contributed by atoms with Crippen molar-refractivity contribution in [3.05, 3.63) is 38.8 Å². The number of hydrogen-bond donors (Lipinski definition) is 2. The van der Waals surface area contributed by atoms with E-state index in [1.165, 1.54) is 11.3 Å². The Labute approximate surface area is 148 Å². The van der Waals surface area contributed by atoms with Gasteiger partial charge in [-0.05, 0) is 32.0 Å². The van der Waals surface area contributed by atoms with E-state index in [1.807, 2.05) is 19.9 Å². The Kier molecular flexibility index (Phi) is 6.10. The van der Waals surface area contributed by atoms with Crippen LogP contribution in [0.5, 0.6) is 0 Å². The van der Waals surface area contributed by atoms with Gasteiger partial charge in [-0.15, -0.1) is 11.3 Å². The average molecular weight is 369 g/mol. The number of rotatable bonds is 6. The van der Waals surface area contributed by atoms with Crippen LogP contribution in [-0.2, 0) is 16.1 Å². The number of carbonyl (C=O) groups excluding carboxylic acids is 3. The Morgan fingerprint density at radius 3 is 2.46 bits per heavy atom. The number of Topliss-reactive ketones (excluding diaryl/α,β-unsaturated/α-hetero) is 1. The van der Waals surface area contributed by atoms with E-state index in [-0.39, 0.29) is 25.2 Å². The van der Waals surface area contributed by atoms with E-state index in [0.717, 1.165) is 11.4 Å². The summed E-state index contributed by atoms with van der Waals surface area (Å²) < 4.78 is 2.07. The number of carbonyl (C=O) groups is 3. The Morgan fingerprint density at radius 2 is 1.88 bits per heavy atom. The first-order chi connectivity index (χ1) is 11.3. The fraction of sp³-hybridized carbons (Fsp3) is 0.333. The lowest BCUT2D eigenvalue weighted by Gasteiger charge is -2.08. The Bertz CT molecular complexity index is 769. The van der Waals surface area contributed by atoms with Gasteiger partial charge >= 0.3 is 0 Å². The molecule has 0 aliphatic rings. The number of nitrogens with zero attached hydrogens (tertiary/aromatic N) is 2. The Morgan fingerprint density at radius 1 is 1.17 bits per heavy atom. The molecule has 0 bridgehead atoms. The summed E-state index contributed by atoms with van der Waals surface area (Å²) in [5, 5.41) is 4.16. The minimum Gasteiger partial charge on any atom is -0.293 e. The van der Waals surface area contributed by atoms with Gasteiger partial charge in [0.2, 0.25) is 5.91 Å². The molecular formula is C15H17ClN4O3S. The number of ketones is 1. The summed E-state index contributed by atoms with van der Waals surface area (Å²) in [6.45, 7) is 3.68. The Balaban J connectivity index is 1.71. The van der Waals surface area contributed by atoms with E-state index in [1.54, 1.807) is 16.8 Å². The van der Waals surface area contributed by atoms with Crippen LogP contribution in [0.4, 0.5) is 0 Å². The molecule has 0 aliphatic heterocycles. The quantitative estimate of drug-likeness (QED) is 0.602. The van der Waals surface area contributed by atoms with Crippen LogP contribution in [0.2, 0.25) is 4.34 Å². The fourth-order valence-electron chi connectivity index (χ4n) is 2.03. The van der Waals surface area contributed by atoms with Gasteiger partial charge in [0.15, 0.2) is 5.78 Å². The maximum absolute atomic E-state index is 11.9. The largest absolute Gasteiger partial charge is 0.293 e. The topological polar surface area (TPSA) is 93.1 Å². The summed E-state index contributed by atoms with van der Waals surface area (Å²) in [5.41, 5.74) is 6.26. The molecule has 0 atom stereocenters. The van der Waals surface area contributed by atoms with Crippen molar-refractivity contribution in [1.82, 2.24) is 20.6 Å². The molecule has 128 valence electrons. The summed E-state index contributed by atoms with van der Waals surface area (Å²) in [6, 6.07) is 5.12. The molecule has 0 aliphatic carbocycles. The third-order valence-corrected chi connectivity index (χ3v) is 4.44. The molecule has 2 N–H and O–H groups in total. The molecule has 2 heterocycles. The number of aryl methyl sites for hydroxylation is 2. The highest BCUT2D eigenvalue weighted by atomic mass is 35.5. The minimum absolute atomic E-state index is 0.00653. The van der Waals surface area contributed by atoms with Crippen molar-refractivity contribution in [1.29, 1.82) is 0 Å². The van der Waals surface area contributed by atoms with Gasteiger partial charge < -0.3 is 0 Å². The first kappa shape index (κ1) is 18.2. The first-order valence-electron chi connectivity index (χ1n) is 7.22.